The van der Waals surface area contributed by atoms with Crippen molar-refractivity contribution in [2.24, 2.45) is 23.5 Å². The third kappa shape index (κ3) is 2.59. The van der Waals surface area contributed by atoms with Gasteiger partial charge in [0.15, 0.2) is 0 Å². The molecule has 1 aromatic carbocycles. The highest BCUT2D eigenvalue weighted by Crippen LogP contribution is 2.44. The Morgan fingerprint density at radius 1 is 1.25 bits per heavy atom. The molecule has 20 heavy (non-hydrogen) atoms. The third-order valence-corrected chi connectivity index (χ3v) is 5.20. The number of nitrogens with two attached hydrogens (primary N) is 1. The van der Waals surface area contributed by atoms with Crippen molar-refractivity contribution in [1.29, 1.82) is 0 Å². The first kappa shape index (κ1) is 13.6. The fourth-order valence-electron chi connectivity index (χ4n) is 3.86. The fraction of sp³-hybridized carbons (Fsp3) is 0.588. The highest BCUT2D eigenvalue weighted by molar-refractivity contribution is 5.79. The first-order chi connectivity index (χ1) is 9.65. The van der Waals surface area contributed by atoms with Gasteiger partial charge < -0.3 is 11.1 Å². The van der Waals surface area contributed by atoms with Crippen molar-refractivity contribution in [3.05, 3.63) is 35.9 Å². The van der Waals surface area contributed by atoms with Crippen molar-refractivity contribution in [2.75, 3.05) is 0 Å². The van der Waals surface area contributed by atoms with Crippen LogP contribution in [0.15, 0.2) is 30.3 Å². The van der Waals surface area contributed by atoms with Crippen LogP contribution >= 0.6 is 0 Å². The molecule has 1 amide bonds. The third-order valence-electron chi connectivity index (χ3n) is 5.20. The molecule has 3 nitrogen and oxygen atoms in total. The van der Waals surface area contributed by atoms with Crippen molar-refractivity contribution in [2.45, 2.75) is 44.7 Å². The SMILES string of the molecule is CC(C(=O)NC1CC2CCC1C2)C(N)c1ccccc1. The van der Waals surface area contributed by atoms with E-state index in [2.05, 4.69) is 5.32 Å². The summed E-state index contributed by atoms with van der Waals surface area (Å²) in [5, 5.41) is 3.24. The van der Waals surface area contributed by atoms with Crippen LogP contribution in [0.25, 0.3) is 0 Å². The Morgan fingerprint density at radius 2 is 2.00 bits per heavy atom. The normalized spacial score (nSPS) is 31.0. The second-order valence-electron chi connectivity index (χ2n) is 6.52. The van der Waals surface area contributed by atoms with Gasteiger partial charge in [-0.1, -0.05) is 43.7 Å². The molecule has 0 spiro atoms. The van der Waals surface area contributed by atoms with Crippen molar-refractivity contribution < 1.29 is 4.79 Å². The molecule has 2 fully saturated rings. The second kappa shape index (κ2) is 5.57. The Kier molecular flexibility index (Phi) is 3.79. The Hall–Kier alpha value is -1.35. The number of rotatable bonds is 4. The molecule has 2 aliphatic carbocycles. The van der Waals surface area contributed by atoms with E-state index in [1.165, 1.54) is 25.7 Å². The van der Waals surface area contributed by atoms with E-state index >= 15 is 0 Å². The maximum Gasteiger partial charge on any atom is 0.224 e. The quantitative estimate of drug-likeness (QED) is 0.885. The minimum absolute atomic E-state index is 0.110. The molecular weight excluding hydrogens is 248 g/mol. The Labute approximate surface area is 120 Å². The van der Waals surface area contributed by atoms with Crippen molar-refractivity contribution in [3.63, 3.8) is 0 Å². The Morgan fingerprint density at radius 3 is 2.60 bits per heavy atom. The molecule has 0 saturated heterocycles. The molecule has 0 aromatic heterocycles. The lowest BCUT2D eigenvalue weighted by atomic mass is 9.92. The first-order valence-corrected chi connectivity index (χ1v) is 7.76. The molecule has 3 rings (SSSR count). The number of carbonyl (C=O) groups excluding carboxylic acids is 1. The summed E-state index contributed by atoms with van der Waals surface area (Å²) in [5.74, 6) is 1.49. The number of hydrogen-bond donors (Lipinski definition) is 2. The van der Waals surface area contributed by atoms with Gasteiger partial charge in [0, 0.05) is 12.1 Å². The van der Waals surface area contributed by atoms with Gasteiger partial charge in [-0.25, -0.2) is 0 Å². The lowest BCUT2D eigenvalue weighted by Gasteiger charge is -2.26. The molecule has 5 unspecified atom stereocenters. The average Bonchev–Trinajstić information content (AvgIpc) is 3.09. The molecule has 3 heteroatoms. The van der Waals surface area contributed by atoms with Crippen LogP contribution in [0.2, 0.25) is 0 Å². The highest BCUT2D eigenvalue weighted by Gasteiger charge is 2.40. The van der Waals surface area contributed by atoms with Crippen LogP contribution < -0.4 is 11.1 Å². The number of hydrogen-bond acceptors (Lipinski definition) is 2. The maximum absolute atomic E-state index is 12.4. The van der Waals surface area contributed by atoms with Crippen LogP contribution in [0.5, 0.6) is 0 Å². The van der Waals surface area contributed by atoms with E-state index in [1.54, 1.807) is 0 Å². The molecule has 1 aromatic rings. The summed E-state index contributed by atoms with van der Waals surface area (Å²) in [7, 11) is 0. The van der Waals surface area contributed by atoms with E-state index in [-0.39, 0.29) is 17.9 Å². The van der Waals surface area contributed by atoms with Gasteiger partial charge in [-0.05, 0) is 36.7 Å². The van der Waals surface area contributed by atoms with E-state index in [4.69, 9.17) is 5.73 Å². The minimum Gasteiger partial charge on any atom is -0.353 e. The smallest absolute Gasteiger partial charge is 0.224 e. The summed E-state index contributed by atoms with van der Waals surface area (Å²) in [6.45, 7) is 1.93. The fourth-order valence-corrected chi connectivity index (χ4v) is 3.86. The summed E-state index contributed by atoms with van der Waals surface area (Å²) in [5.41, 5.74) is 7.26. The van der Waals surface area contributed by atoms with E-state index in [0.29, 0.717) is 12.0 Å². The van der Waals surface area contributed by atoms with E-state index < -0.39 is 0 Å². The van der Waals surface area contributed by atoms with Crippen LogP contribution in [-0.4, -0.2) is 11.9 Å². The zero-order valence-electron chi connectivity index (χ0n) is 12.1. The number of benzene rings is 1. The van der Waals surface area contributed by atoms with Crippen molar-refractivity contribution in [3.8, 4) is 0 Å². The zero-order valence-corrected chi connectivity index (χ0v) is 12.1. The minimum atomic E-state index is -0.227. The van der Waals surface area contributed by atoms with Crippen LogP contribution in [-0.2, 0) is 4.79 Å². The van der Waals surface area contributed by atoms with Crippen molar-refractivity contribution >= 4 is 5.91 Å². The number of nitrogens with one attached hydrogen (secondary N) is 1. The Bertz CT molecular complexity index is 473. The van der Waals surface area contributed by atoms with Gasteiger partial charge in [-0.2, -0.15) is 0 Å². The average molecular weight is 272 g/mol. The summed E-state index contributed by atoms with van der Waals surface area (Å²) in [6.07, 6.45) is 5.12. The van der Waals surface area contributed by atoms with Gasteiger partial charge in [0.2, 0.25) is 5.91 Å². The molecule has 0 heterocycles. The molecular formula is C17H24N2O. The number of fused-ring (bicyclic) bond motifs is 2. The number of amides is 1. The maximum atomic E-state index is 12.4. The first-order valence-electron chi connectivity index (χ1n) is 7.76. The van der Waals surface area contributed by atoms with Crippen LogP contribution in [0.1, 0.15) is 44.2 Å². The van der Waals surface area contributed by atoms with Crippen LogP contribution in [0.3, 0.4) is 0 Å². The molecule has 2 saturated carbocycles. The lowest BCUT2D eigenvalue weighted by molar-refractivity contribution is -0.126. The monoisotopic (exact) mass is 272 g/mol. The van der Waals surface area contributed by atoms with E-state index in [1.807, 2.05) is 37.3 Å². The van der Waals surface area contributed by atoms with Crippen LogP contribution in [0.4, 0.5) is 0 Å². The second-order valence-corrected chi connectivity index (χ2v) is 6.52. The highest BCUT2D eigenvalue weighted by atomic mass is 16.2. The largest absolute Gasteiger partial charge is 0.353 e. The van der Waals surface area contributed by atoms with Gasteiger partial charge >= 0.3 is 0 Å². The Balaban J connectivity index is 1.59. The summed E-state index contributed by atoms with van der Waals surface area (Å²) in [4.78, 5) is 12.4. The predicted molar refractivity (Wildman–Crippen MR) is 79.9 cm³/mol. The molecule has 5 atom stereocenters. The topological polar surface area (TPSA) is 55.1 Å². The summed E-state index contributed by atoms with van der Waals surface area (Å²) >= 11 is 0. The zero-order chi connectivity index (χ0) is 14.1. The van der Waals surface area contributed by atoms with Gasteiger partial charge in [-0.3, -0.25) is 4.79 Å². The summed E-state index contributed by atoms with van der Waals surface area (Å²) < 4.78 is 0. The van der Waals surface area contributed by atoms with Gasteiger partial charge in [0.1, 0.15) is 0 Å². The lowest BCUT2D eigenvalue weighted by Crippen LogP contribution is -2.43. The molecule has 108 valence electrons. The molecule has 3 N–H and O–H groups in total. The number of carbonyl (C=O) groups is 1. The predicted octanol–water partition coefficient (Wildman–Crippen LogP) is 2.63. The van der Waals surface area contributed by atoms with Gasteiger partial charge in [0.25, 0.3) is 0 Å². The van der Waals surface area contributed by atoms with Crippen LogP contribution in [0, 0.1) is 17.8 Å². The van der Waals surface area contributed by atoms with Gasteiger partial charge in [0.05, 0.1) is 5.92 Å². The standard InChI is InChI=1S/C17H24N2O/c1-11(16(18)13-5-3-2-4-6-13)17(20)19-15-10-12-7-8-14(15)9-12/h2-6,11-12,14-16H,7-10,18H2,1H3,(H,19,20). The van der Waals surface area contributed by atoms with E-state index in [0.717, 1.165) is 11.5 Å². The summed E-state index contributed by atoms with van der Waals surface area (Å²) in [6, 6.07) is 10.1. The van der Waals surface area contributed by atoms with E-state index in [9.17, 15) is 4.79 Å². The molecule has 0 aliphatic heterocycles. The molecule has 2 aliphatic rings. The van der Waals surface area contributed by atoms with Gasteiger partial charge in [-0.15, -0.1) is 0 Å². The van der Waals surface area contributed by atoms with Crippen molar-refractivity contribution in [1.82, 2.24) is 5.32 Å². The molecule has 0 radical (unpaired) electrons. The molecule has 2 bridgehead atoms.